The number of benzene rings is 4. The molecule has 4 aromatic heterocycles. The molecule has 0 atom stereocenters. The van der Waals surface area contributed by atoms with E-state index in [2.05, 4.69) is 156 Å². The number of hydrogen-bond acceptors (Lipinski definition) is 5. The quantitative estimate of drug-likeness (QED) is 0.135. The van der Waals surface area contributed by atoms with Gasteiger partial charge < -0.3 is 19.8 Å². The summed E-state index contributed by atoms with van der Waals surface area (Å²) in [5.41, 5.74) is 18.6. The van der Waals surface area contributed by atoms with Crippen molar-refractivity contribution in [1.82, 2.24) is 24.5 Å². The van der Waals surface area contributed by atoms with Crippen molar-refractivity contribution in [2.45, 2.75) is 19.3 Å². The van der Waals surface area contributed by atoms with Gasteiger partial charge in [0.15, 0.2) is 0 Å². The van der Waals surface area contributed by atoms with E-state index in [0.717, 1.165) is 112 Å². The van der Waals surface area contributed by atoms with Crippen molar-refractivity contribution in [3.8, 4) is 67.2 Å². The fourth-order valence-corrected chi connectivity index (χ4v) is 8.80. The number of fused-ring (bicyclic) bond motifs is 11. The van der Waals surface area contributed by atoms with E-state index in [0.29, 0.717) is 19.3 Å². The lowest BCUT2D eigenvalue weighted by atomic mass is 9.95. The van der Waals surface area contributed by atoms with Gasteiger partial charge in [-0.1, -0.05) is 121 Å². The highest BCUT2D eigenvalue weighted by Crippen LogP contribution is 2.47. The number of aromatic amines is 1. The third-order valence-electron chi connectivity index (χ3n) is 11.6. The van der Waals surface area contributed by atoms with E-state index in [1.807, 2.05) is 24.3 Å². The van der Waals surface area contributed by atoms with Crippen LogP contribution in [0.4, 0.5) is 0 Å². The third kappa shape index (κ3) is 6.54. The molecule has 4 aromatic carbocycles. The Morgan fingerprint density at radius 2 is 1.00 bits per heavy atom. The molecule has 2 aliphatic heterocycles. The average molecular weight is 782 g/mol. The molecule has 3 N–H and O–H groups in total. The standard InChI is InChI=1S/C53H43N5O2/c1-58-45-28-29-46(58)50(37-21-12-5-13-22-37)51-39-33-38(30-32-60)40(23-14-31-59)56-52(39)53(57-51)49(36-19-10-4-11-20-36)44-27-25-42(55-44)47(34-15-6-2-7-16-34)41-24-26-43(54-41)48(45)35-17-8-3-9-18-35/h2-13,15-22,24-29,33,55,59-60H,14,23,30-32H2,1H3. The zero-order valence-electron chi connectivity index (χ0n) is 33.3. The molecule has 0 amide bonds. The topological polar surface area (TPSA) is 99.9 Å². The first-order valence-corrected chi connectivity index (χ1v) is 20.5. The number of aliphatic hydroxyl groups is 2. The molecule has 0 saturated heterocycles. The lowest BCUT2D eigenvalue weighted by Crippen LogP contribution is -2.04. The predicted molar refractivity (Wildman–Crippen MR) is 245 cm³/mol. The van der Waals surface area contributed by atoms with Crippen molar-refractivity contribution < 1.29 is 10.2 Å². The lowest BCUT2D eigenvalue weighted by molar-refractivity contribution is 0.287. The van der Waals surface area contributed by atoms with Crippen LogP contribution in [0.1, 0.15) is 29.1 Å². The zero-order chi connectivity index (χ0) is 40.6. The Morgan fingerprint density at radius 1 is 0.483 bits per heavy atom. The molecule has 7 nitrogen and oxygen atoms in total. The summed E-state index contributed by atoms with van der Waals surface area (Å²) in [5, 5.41) is 20.3. The zero-order valence-corrected chi connectivity index (χ0v) is 33.3. The van der Waals surface area contributed by atoms with E-state index >= 15 is 0 Å². The summed E-state index contributed by atoms with van der Waals surface area (Å²) in [6, 6.07) is 52.7. The molecule has 8 aromatic rings. The molecule has 0 radical (unpaired) electrons. The van der Waals surface area contributed by atoms with Gasteiger partial charge in [-0.25, -0.2) is 9.97 Å². The molecule has 60 heavy (non-hydrogen) atoms. The summed E-state index contributed by atoms with van der Waals surface area (Å²) in [6.45, 7) is 0.0281. The maximum absolute atomic E-state index is 10.3. The molecule has 8 bridgehead atoms. The molecule has 0 saturated carbocycles. The van der Waals surface area contributed by atoms with E-state index in [4.69, 9.17) is 15.0 Å². The first kappa shape index (κ1) is 37.1. The van der Waals surface area contributed by atoms with E-state index in [1.165, 1.54) is 0 Å². The van der Waals surface area contributed by atoms with Crippen LogP contribution in [0.2, 0.25) is 0 Å². The monoisotopic (exact) mass is 781 g/mol. The minimum atomic E-state index is -0.0195. The van der Waals surface area contributed by atoms with Crippen molar-refractivity contribution in [2.75, 3.05) is 13.2 Å². The number of rotatable bonds is 9. The normalized spacial score (nSPS) is 11.8. The largest absolute Gasteiger partial charge is 0.396 e. The van der Waals surface area contributed by atoms with Gasteiger partial charge in [0, 0.05) is 64.8 Å². The lowest BCUT2D eigenvalue weighted by Gasteiger charge is -2.14. The van der Waals surface area contributed by atoms with Gasteiger partial charge >= 0.3 is 0 Å². The van der Waals surface area contributed by atoms with Crippen LogP contribution >= 0.6 is 0 Å². The summed E-state index contributed by atoms with van der Waals surface area (Å²) in [7, 11) is 2.13. The third-order valence-corrected chi connectivity index (χ3v) is 11.6. The maximum Gasteiger partial charge on any atom is 0.1000 e. The van der Waals surface area contributed by atoms with Crippen LogP contribution in [0.25, 0.3) is 101 Å². The van der Waals surface area contributed by atoms with Crippen molar-refractivity contribution in [3.63, 3.8) is 0 Å². The molecule has 6 heterocycles. The van der Waals surface area contributed by atoms with E-state index in [1.54, 1.807) is 0 Å². The number of aromatic nitrogens is 5. The summed E-state index contributed by atoms with van der Waals surface area (Å²) >= 11 is 0. The Morgan fingerprint density at radius 3 is 1.58 bits per heavy atom. The minimum absolute atomic E-state index is 0.0195. The van der Waals surface area contributed by atoms with Gasteiger partial charge in [-0.05, 0) is 89.6 Å². The second-order valence-electron chi connectivity index (χ2n) is 15.2. The number of aryl methyl sites for hydroxylation is 2. The molecule has 10 rings (SSSR count). The summed E-state index contributed by atoms with van der Waals surface area (Å²) in [4.78, 5) is 20.5. The smallest absolute Gasteiger partial charge is 0.1000 e. The van der Waals surface area contributed by atoms with Crippen LogP contribution in [0.15, 0.2) is 152 Å². The number of H-pyrrole nitrogens is 1. The Balaban J connectivity index is 1.46. The molecular formula is C53H43N5O2. The van der Waals surface area contributed by atoms with Gasteiger partial charge in [0.1, 0.15) is 0 Å². The molecule has 0 unspecified atom stereocenters. The average Bonchev–Trinajstić information content (AvgIpc) is 4.11. The second-order valence-corrected chi connectivity index (χ2v) is 15.2. The Bertz CT molecular complexity index is 3080. The van der Waals surface area contributed by atoms with Gasteiger partial charge in [-0.2, -0.15) is 0 Å². The molecule has 0 spiro atoms. The van der Waals surface area contributed by atoms with Gasteiger partial charge in [0.25, 0.3) is 0 Å². The highest BCUT2D eigenvalue weighted by Gasteiger charge is 2.29. The SMILES string of the molecule is Cn1c2ccc1c(-c1ccccc1)c1nc(c(-c3ccccc3)c3ccc([nH]3)c(-c3ccccc3)c3nc(c2-c2ccccc2)C=C3)-c2nc(CCCO)c(CCO)cc2-1. The molecule has 7 heteroatoms. The van der Waals surface area contributed by atoms with Crippen molar-refractivity contribution in [1.29, 1.82) is 0 Å². The first-order chi connectivity index (χ1) is 29.6. The molecule has 292 valence electrons. The number of nitrogens with zero attached hydrogens (tertiary/aromatic N) is 4. The van der Waals surface area contributed by atoms with E-state index in [9.17, 15) is 10.2 Å². The fraction of sp³-hybridized carbons (Fsp3) is 0.113. The van der Waals surface area contributed by atoms with Gasteiger partial charge in [0.2, 0.25) is 0 Å². The van der Waals surface area contributed by atoms with Gasteiger partial charge in [0.05, 0.1) is 39.5 Å². The summed E-state index contributed by atoms with van der Waals surface area (Å²) < 4.78 is 2.27. The minimum Gasteiger partial charge on any atom is -0.396 e. The van der Waals surface area contributed by atoms with Crippen LogP contribution in [-0.2, 0) is 19.9 Å². The van der Waals surface area contributed by atoms with Crippen molar-refractivity contribution in [3.05, 3.63) is 174 Å². The number of nitrogens with one attached hydrogen (secondary N) is 1. The van der Waals surface area contributed by atoms with Gasteiger partial charge in [-0.15, -0.1) is 0 Å². The van der Waals surface area contributed by atoms with E-state index < -0.39 is 0 Å². The molecular weight excluding hydrogens is 739 g/mol. The Hall–Kier alpha value is -7.19. The number of pyridine rings is 1. The number of aliphatic hydroxyl groups excluding tert-OH is 2. The maximum atomic E-state index is 10.3. The van der Waals surface area contributed by atoms with Crippen LogP contribution in [0, 0.1) is 0 Å². The predicted octanol–water partition coefficient (Wildman–Crippen LogP) is 11.4. The summed E-state index contributed by atoms with van der Waals surface area (Å²) in [6.07, 6.45) is 5.85. The first-order valence-electron chi connectivity index (χ1n) is 20.5. The number of hydrogen-bond donors (Lipinski definition) is 3. The van der Waals surface area contributed by atoms with Crippen molar-refractivity contribution in [2.24, 2.45) is 7.05 Å². The van der Waals surface area contributed by atoms with Crippen molar-refractivity contribution >= 4 is 34.2 Å². The fourth-order valence-electron chi connectivity index (χ4n) is 8.80. The van der Waals surface area contributed by atoms with Crippen LogP contribution in [0.3, 0.4) is 0 Å². The van der Waals surface area contributed by atoms with Crippen LogP contribution in [0.5, 0.6) is 0 Å². The highest BCUT2D eigenvalue weighted by atomic mass is 16.3. The molecule has 0 fully saturated rings. The molecule has 0 aliphatic carbocycles. The Labute approximate surface area is 348 Å². The van der Waals surface area contributed by atoms with Crippen LogP contribution < -0.4 is 0 Å². The summed E-state index contributed by atoms with van der Waals surface area (Å²) in [5.74, 6) is 0. The van der Waals surface area contributed by atoms with E-state index in [-0.39, 0.29) is 13.2 Å². The second kappa shape index (κ2) is 15.9. The highest BCUT2D eigenvalue weighted by molar-refractivity contribution is 6.04. The van der Waals surface area contributed by atoms with Crippen LogP contribution in [-0.4, -0.2) is 47.9 Å². The Kier molecular flexibility index (Phi) is 9.81. The van der Waals surface area contributed by atoms with Gasteiger partial charge in [-0.3, -0.25) is 4.98 Å². The molecule has 2 aliphatic rings.